The molecule has 2 unspecified atom stereocenters. The molecule has 1 fully saturated rings. The molecule has 0 bridgehead atoms. The van der Waals surface area contributed by atoms with E-state index >= 15 is 0 Å². The Morgan fingerprint density at radius 1 is 1.29 bits per heavy atom. The molecule has 1 saturated heterocycles. The van der Waals surface area contributed by atoms with Gasteiger partial charge >= 0.3 is 33.3 Å². The van der Waals surface area contributed by atoms with Crippen molar-refractivity contribution in [3.05, 3.63) is 35.1 Å². The molecule has 1 N–H and O–H groups in total. The molecule has 0 aromatic heterocycles. The van der Waals surface area contributed by atoms with Crippen LogP contribution in [-0.2, 0) is 22.7 Å². The molecule has 2 rings (SSSR count). The number of piperidine rings is 1. The molecule has 0 radical (unpaired) electrons. The average molecular weight is 378 g/mol. The standard InChI is InChI=1S/C6H10NO2.C6H6NO2.2ClH.Fe/c2*8-6(9)5-3-1-2-4-7-5;;;/h5H,1-4H2,(H,8,9);1-5H,(H,8,9);2*1H;/q2*-1;;;+2/p-3. The zero-order valence-electron chi connectivity index (χ0n) is 11.0. The number of carboxylic acid groups (broad SMARTS) is 2. The molecule has 0 spiro atoms. The van der Waals surface area contributed by atoms with Crippen molar-refractivity contribution in [3.63, 3.8) is 0 Å². The van der Waals surface area contributed by atoms with Gasteiger partial charge in [0.25, 0.3) is 5.97 Å². The van der Waals surface area contributed by atoms with Gasteiger partial charge < -0.3 is 25.6 Å². The normalized spacial score (nSPS) is 23.0. The van der Waals surface area contributed by atoms with Gasteiger partial charge in [-0.25, -0.2) is 0 Å². The summed E-state index contributed by atoms with van der Waals surface area (Å²) in [5.41, 5.74) is 0. The first-order chi connectivity index (χ1) is 10.0. The summed E-state index contributed by atoms with van der Waals surface area (Å²) in [6, 6.07) is -1.19. The van der Waals surface area contributed by atoms with Crippen LogP contribution in [-0.4, -0.2) is 35.7 Å². The summed E-state index contributed by atoms with van der Waals surface area (Å²) < 4.78 is 0. The van der Waals surface area contributed by atoms with E-state index in [0.29, 0.717) is 13.0 Å². The number of halogens is 2. The Hall–Kier alpha value is -0.721. The maximum atomic E-state index is 10.2. The van der Waals surface area contributed by atoms with Crippen molar-refractivity contribution in [1.82, 2.24) is 0 Å². The second kappa shape index (κ2) is 13.0. The van der Waals surface area contributed by atoms with Crippen LogP contribution < -0.4 is 5.11 Å². The Kier molecular flexibility index (Phi) is 12.5. The van der Waals surface area contributed by atoms with Gasteiger partial charge in [-0.2, -0.15) is 6.20 Å². The number of aliphatic carboxylic acids is 2. The van der Waals surface area contributed by atoms with Crippen LogP contribution >= 0.6 is 20.2 Å². The number of carboxylic acids is 2. The van der Waals surface area contributed by atoms with Crippen LogP contribution in [0.25, 0.3) is 10.6 Å². The molecule has 0 aliphatic carbocycles. The predicted octanol–water partition coefficient (Wildman–Crippen LogP) is 1.94. The van der Waals surface area contributed by atoms with Crippen LogP contribution in [0.2, 0.25) is 0 Å². The summed E-state index contributed by atoms with van der Waals surface area (Å²) in [5, 5.41) is 26.0. The number of carbonyl (C=O) groups is 2. The van der Waals surface area contributed by atoms with E-state index in [1.165, 1.54) is 12.3 Å². The third kappa shape index (κ3) is 10.6. The molecule has 0 aromatic rings. The minimum absolute atomic E-state index is 0.194. The van der Waals surface area contributed by atoms with Gasteiger partial charge in [0.1, 0.15) is 0 Å². The fourth-order valence-electron chi connectivity index (χ4n) is 1.54. The number of allylic oxidation sites excluding steroid dienone is 2. The fraction of sp³-hybridized carbons (Fsp3) is 0.500. The number of hydrogen-bond acceptors (Lipinski definition) is 3. The van der Waals surface area contributed by atoms with E-state index in [-0.39, 0.29) is 13.1 Å². The molecular weight excluding hydrogens is 363 g/mol. The van der Waals surface area contributed by atoms with Crippen molar-refractivity contribution in [1.29, 1.82) is 0 Å². The van der Waals surface area contributed by atoms with E-state index in [1.54, 1.807) is 12.2 Å². The van der Waals surface area contributed by atoms with Gasteiger partial charge in [-0.3, -0.25) is 4.79 Å². The van der Waals surface area contributed by atoms with E-state index in [9.17, 15) is 14.7 Å². The third-order valence-corrected chi connectivity index (χ3v) is 2.50. The molecular formula is C12H15Cl2FeN2O4-3. The Morgan fingerprint density at radius 2 is 1.95 bits per heavy atom. The molecule has 21 heavy (non-hydrogen) atoms. The molecule has 2 aliphatic rings. The number of hydrogen-bond donors (Lipinski definition) is 1. The van der Waals surface area contributed by atoms with Crippen molar-refractivity contribution >= 4 is 32.1 Å². The molecule has 9 heteroatoms. The van der Waals surface area contributed by atoms with Crippen molar-refractivity contribution in [2.45, 2.75) is 31.3 Å². The Balaban J connectivity index is 0.000000322. The summed E-state index contributed by atoms with van der Waals surface area (Å²) in [6.45, 7) is 0.693. The zero-order valence-corrected chi connectivity index (χ0v) is 13.6. The Labute approximate surface area is 138 Å². The van der Waals surface area contributed by atoms with Crippen molar-refractivity contribution in [3.8, 4) is 0 Å². The average Bonchev–Trinajstić information content (AvgIpc) is 2.50. The molecule has 0 aromatic carbocycles. The molecule has 0 amide bonds. The van der Waals surface area contributed by atoms with Gasteiger partial charge in [-0.15, -0.1) is 6.54 Å². The van der Waals surface area contributed by atoms with Crippen LogP contribution in [0.4, 0.5) is 0 Å². The number of nitrogens with zero attached hydrogens (tertiary/aromatic N) is 2. The van der Waals surface area contributed by atoms with E-state index in [1.807, 2.05) is 0 Å². The Bertz CT molecular complexity index is 374. The van der Waals surface area contributed by atoms with E-state index in [4.69, 9.17) is 25.3 Å². The first-order valence-corrected chi connectivity index (χ1v) is 9.05. The van der Waals surface area contributed by atoms with Crippen molar-refractivity contribution < 1.29 is 32.9 Å². The second-order valence-corrected chi connectivity index (χ2v) is 5.77. The SMILES string of the molecule is O=C(O)C1C=CC=C[N-]1.O=C([O-])C1CCCC[N-]1.[Cl][Fe][Cl]. The zero-order chi connectivity index (χ0) is 16.1. The molecule has 2 atom stereocenters. The van der Waals surface area contributed by atoms with Crippen LogP contribution in [0.5, 0.6) is 0 Å². The van der Waals surface area contributed by atoms with E-state index in [0.717, 1.165) is 12.8 Å². The quantitative estimate of drug-likeness (QED) is 0.742. The van der Waals surface area contributed by atoms with E-state index in [2.05, 4.69) is 10.6 Å². The predicted molar refractivity (Wildman–Crippen MR) is 75.6 cm³/mol. The van der Waals surface area contributed by atoms with Crippen LogP contribution in [0, 0.1) is 0 Å². The molecule has 0 saturated carbocycles. The van der Waals surface area contributed by atoms with Gasteiger partial charge in [0, 0.05) is 12.0 Å². The van der Waals surface area contributed by atoms with Gasteiger partial charge in [-0.05, 0) is 0 Å². The van der Waals surface area contributed by atoms with Crippen LogP contribution in [0.3, 0.4) is 0 Å². The number of carbonyl (C=O) groups excluding carboxylic acids is 1. The maximum absolute atomic E-state index is 10.2. The summed E-state index contributed by atoms with van der Waals surface area (Å²) in [4.78, 5) is 20.3. The summed E-state index contributed by atoms with van der Waals surface area (Å²) in [5.74, 6) is -1.93. The number of rotatable bonds is 2. The Morgan fingerprint density at radius 3 is 2.24 bits per heavy atom. The van der Waals surface area contributed by atoms with Crippen LogP contribution in [0.15, 0.2) is 24.4 Å². The summed E-state index contributed by atoms with van der Waals surface area (Å²) in [6.07, 6.45) is 9.06. The third-order valence-electron chi connectivity index (χ3n) is 2.50. The summed E-state index contributed by atoms with van der Waals surface area (Å²) in [7, 11) is 9.53. The van der Waals surface area contributed by atoms with Gasteiger partial charge in [-0.1, -0.05) is 43.5 Å². The molecule has 2 aliphatic heterocycles. The van der Waals surface area contributed by atoms with E-state index < -0.39 is 24.0 Å². The van der Waals surface area contributed by atoms with Gasteiger partial charge in [0.15, 0.2) is 0 Å². The second-order valence-electron chi connectivity index (χ2n) is 3.95. The first-order valence-electron chi connectivity index (χ1n) is 6.01. The van der Waals surface area contributed by atoms with Gasteiger partial charge in [0.2, 0.25) is 0 Å². The first kappa shape index (κ1) is 20.3. The minimum atomic E-state index is -1.02. The fourth-order valence-corrected chi connectivity index (χ4v) is 1.54. The summed E-state index contributed by atoms with van der Waals surface area (Å²) >= 11 is 0.194. The monoisotopic (exact) mass is 377 g/mol. The van der Waals surface area contributed by atoms with Crippen molar-refractivity contribution in [2.75, 3.05) is 6.54 Å². The van der Waals surface area contributed by atoms with Gasteiger partial charge in [0.05, 0.1) is 0 Å². The molecule has 6 nitrogen and oxygen atoms in total. The molecule has 122 valence electrons. The topological polar surface area (TPSA) is 106 Å². The molecule has 2 heterocycles. The van der Waals surface area contributed by atoms with Crippen LogP contribution in [0.1, 0.15) is 19.3 Å². The van der Waals surface area contributed by atoms with Crippen molar-refractivity contribution in [2.24, 2.45) is 0 Å².